The molecule has 0 spiro atoms. The maximum atomic E-state index is 12.4. The predicted octanol–water partition coefficient (Wildman–Crippen LogP) is 5.08. The fourth-order valence-electron chi connectivity index (χ4n) is 2.71. The lowest BCUT2D eigenvalue weighted by molar-refractivity contribution is 0.0734. The van der Waals surface area contributed by atoms with E-state index in [4.69, 9.17) is 4.74 Å². The van der Waals surface area contributed by atoms with Gasteiger partial charge in [-0.2, -0.15) is 0 Å². The number of ether oxygens (including phenoxy) is 1. The molecule has 0 bridgehead atoms. The number of rotatable bonds is 4. The zero-order valence-electron chi connectivity index (χ0n) is 15.0. The SMILES string of the molecule is Cc1cccc(C(=O)Oc2ccc(C(=O)Nc3nc4ccccc4s3)cc2)c1. The van der Waals surface area contributed by atoms with E-state index in [1.165, 1.54) is 11.3 Å². The maximum absolute atomic E-state index is 12.4. The van der Waals surface area contributed by atoms with Gasteiger partial charge in [0.15, 0.2) is 5.13 Å². The third kappa shape index (κ3) is 3.92. The van der Waals surface area contributed by atoms with E-state index in [9.17, 15) is 9.59 Å². The van der Waals surface area contributed by atoms with Crippen LogP contribution in [0.25, 0.3) is 10.2 Å². The molecule has 0 unspecified atom stereocenters. The van der Waals surface area contributed by atoms with E-state index in [2.05, 4.69) is 10.3 Å². The summed E-state index contributed by atoms with van der Waals surface area (Å²) in [6.45, 7) is 1.91. The molecular weight excluding hydrogens is 372 g/mol. The van der Waals surface area contributed by atoms with Crippen molar-refractivity contribution in [1.82, 2.24) is 4.98 Å². The van der Waals surface area contributed by atoms with Gasteiger partial charge in [-0.15, -0.1) is 0 Å². The number of para-hydroxylation sites is 1. The van der Waals surface area contributed by atoms with Gasteiger partial charge in [0.25, 0.3) is 5.91 Å². The van der Waals surface area contributed by atoms with Gasteiger partial charge in [0.2, 0.25) is 0 Å². The monoisotopic (exact) mass is 388 g/mol. The van der Waals surface area contributed by atoms with Gasteiger partial charge in [0, 0.05) is 5.56 Å². The van der Waals surface area contributed by atoms with Crippen LogP contribution in [0.15, 0.2) is 72.8 Å². The average molecular weight is 388 g/mol. The Kier molecular flexibility index (Phi) is 4.87. The number of thiazole rings is 1. The number of aromatic nitrogens is 1. The summed E-state index contributed by atoms with van der Waals surface area (Å²) in [7, 11) is 0. The van der Waals surface area contributed by atoms with Gasteiger partial charge in [0.05, 0.1) is 15.8 Å². The van der Waals surface area contributed by atoms with Crippen molar-refractivity contribution >= 4 is 38.6 Å². The highest BCUT2D eigenvalue weighted by Crippen LogP contribution is 2.26. The van der Waals surface area contributed by atoms with Gasteiger partial charge in [0.1, 0.15) is 5.75 Å². The molecule has 3 aromatic carbocycles. The van der Waals surface area contributed by atoms with Crippen LogP contribution in [0.4, 0.5) is 5.13 Å². The van der Waals surface area contributed by atoms with Crippen LogP contribution >= 0.6 is 11.3 Å². The number of nitrogens with one attached hydrogen (secondary N) is 1. The van der Waals surface area contributed by atoms with Crippen LogP contribution in [0.1, 0.15) is 26.3 Å². The average Bonchev–Trinajstić information content (AvgIpc) is 3.10. The normalized spacial score (nSPS) is 10.6. The summed E-state index contributed by atoms with van der Waals surface area (Å²) in [5.74, 6) is -0.325. The van der Waals surface area contributed by atoms with Gasteiger partial charge < -0.3 is 4.74 Å². The standard InChI is InChI=1S/C22H16N2O3S/c1-14-5-4-6-16(13-14)21(26)27-17-11-9-15(10-12-17)20(25)24-22-23-18-7-2-3-8-19(18)28-22/h2-13H,1H3,(H,23,24,25). The number of carbonyl (C=O) groups excluding carboxylic acids is 2. The molecular formula is C22H16N2O3S. The number of esters is 1. The fraction of sp³-hybridized carbons (Fsp3) is 0.0455. The Morgan fingerprint density at radius 3 is 2.46 bits per heavy atom. The number of carbonyl (C=O) groups is 2. The zero-order valence-corrected chi connectivity index (χ0v) is 15.8. The number of hydrogen-bond acceptors (Lipinski definition) is 5. The van der Waals surface area contributed by atoms with E-state index in [0.717, 1.165) is 15.8 Å². The molecule has 4 rings (SSSR count). The van der Waals surface area contributed by atoms with E-state index in [1.807, 2.05) is 37.3 Å². The van der Waals surface area contributed by atoms with Crippen LogP contribution in [0.2, 0.25) is 0 Å². The summed E-state index contributed by atoms with van der Waals surface area (Å²) in [6, 6.07) is 21.3. The van der Waals surface area contributed by atoms with E-state index >= 15 is 0 Å². The minimum absolute atomic E-state index is 0.268. The number of amides is 1. The number of anilines is 1. The Hall–Kier alpha value is -3.51. The molecule has 1 aromatic heterocycles. The van der Waals surface area contributed by atoms with Crippen molar-refractivity contribution in [2.45, 2.75) is 6.92 Å². The molecule has 1 N–H and O–H groups in total. The lowest BCUT2D eigenvalue weighted by atomic mass is 10.1. The summed E-state index contributed by atoms with van der Waals surface area (Å²) in [5, 5.41) is 3.34. The Morgan fingerprint density at radius 2 is 1.71 bits per heavy atom. The second kappa shape index (κ2) is 7.62. The van der Waals surface area contributed by atoms with Crippen LogP contribution in [-0.4, -0.2) is 16.9 Å². The van der Waals surface area contributed by atoms with Crippen LogP contribution < -0.4 is 10.1 Å². The van der Waals surface area contributed by atoms with Crippen molar-refractivity contribution in [2.24, 2.45) is 0 Å². The highest BCUT2D eigenvalue weighted by Gasteiger charge is 2.12. The molecule has 0 aliphatic carbocycles. The van der Waals surface area contributed by atoms with Crippen LogP contribution in [0, 0.1) is 6.92 Å². The third-order valence-corrected chi connectivity index (χ3v) is 5.05. The Balaban J connectivity index is 1.43. The highest BCUT2D eigenvalue weighted by atomic mass is 32.1. The van der Waals surface area contributed by atoms with E-state index < -0.39 is 5.97 Å². The highest BCUT2D eigenvalue weighted by molar-refractivity contribution is 7.22. The molecule has 0 aliphatic heterocycles. The van der Waals surface area contributed by atoms with Gasteiger partial charge in [-0.3, -0.25) is 10.1 Å². The molecule has 5 nitrogen and oxygen atoms in total. The second-order valence-electron chi connectivity index (χ2n) is 6.22. The molecule has 0 radical (unpaired) electrons. The number of aryl methyl sites for hydroxylation is 1. The van der Waals surface area contributed by atoms with Crippen molar-refractivity contribution in [3.8, 4) is 5.75 Å². The third-order valence-electron chi connectivity index (χ3n) is 4.10. The molecule has 0 fully saturated rings. The van der Waals surface area contributed by atoms with Gasteiger partial charge in [-0.1, -0.05) is 41.2 Å². The predicted molar refractivity (Wildman–Crippen MR) is 110 cm³/mol. The summed E-state index contributed by atoms with van der Waals surface area (Å²) < 4.78 is 6.38. The molecule has 138 valence electrons. The minimum atomic E-state index is -0.435. The van der Waals surface area contributed by atoms with Crippen molar-refractivity contribution in [1.29, 1.82) is 0 Å². The summed E-state index contributed by atoms with van der Waals surface area (Å²) in [6.07, 6.45) is 0. The zero-order chi connectivity index (χ0) is 19.5. The van der Waals surface area contributed by atoms with Crippen LogP contribution in [0.5, 0.6) is 5.75 Å². The number of nitrogens with zero attached hydrogens (tertiary/aromatic N) is 1. The van der Waals surface area contributed by atoms with Crippen molar-refractivity contribution in [2.75, 3.05) is 5.32 Å². The largest absolute Gasteiger partial charge is 0.423 e. The Bertz CT molecular complexity index is 1130. The van der Waals surface area contributed by atoms with Crippen LogP contribution in [-0.2, 0) is 0 Å². The molecule has 1 amide bonds. The number of benzene rings is 3. The van der Waals surface area contributed by atoms with E-state index in [1.54, 1.807) is 42.5 Å². The van der Waals surface area contributed by atoms with Crippen molar-refractivity contribution in [3.05, 3.63) is 89.5 Å². The van der Waals surface area contributed by atoms with Gasteiger partial charge in [-0.05, 0) is 55.5 Å². The van der Waals surface area contributed by atoms with Crippen LogP contribution in [0.3, 0.4) is 0 Å². The summed E-state index contributed by atoms with van der Waals surface area (Å²) in [5.41, 5.74) is 2.77. The molecule has 6 heteroatoms. The first-order valence-electron chi connectivity index (χ1n) is 8.64. The smallest absolute Gasteiger partial charge is 0.343 e. The van der Waals surface area contributed by atoms with Gasteiger partial charge >= 0.3 is 5.97 Å². The first-order valence-corrected chi connectivity index (χ1v) is 9.46. The summed E-state index contributed by atoms with van der Waals surface area (Å²) in [4.78, 5) is 29.0. The molecule has 1 heterocycles. The lowest BCUT2D eigenvalue weighted by Crippen LogP contribution is -2.12. The molecule has 0 saturated carbocycles. The molecule has 4 aromatic rings. The first-order chi connectivity index (χ1) is 13.6. The lowest BCUT2D eigenvalue weighted by Gasteiger charge is -2.06. The molecule has 0 saturated heterocycles. The minimum Gasteiger partial charge on any atom is -0.423 e. The Morgan fingerprint density at radius 1 is 0.929 bits per heavy atom. The van der Waals surface area contributed by atoms with Crippen molar-refractivity contribution < 1.29 is 14.3 Å². The number of hydrogen-bond donors (Lipinski definition) is 1. The maximum Gasteiger partial charge on any atom is 0.343 e. The molecule has 28 heavy (non-hydrogen) atoms. The first kappa shape index (κ1) is 17.9. The topological polar surface area (TPSA) is 68.3 Å². The fourth-order valence-corrected chi connectivity index (χ4v) is 3.57. The van der Waals surface area contributed by atoms with Gasteiger partial charge in [-0.25, -0.2) is 9.78 Å². The quantitative estimate of drug-likeness (QED) is 0.391. The number of fused-ring (bicyclic) bond motifs is 1. The second-order valence-corrected chi connectivity index (χ2v) is 7.25. The Labute approximate surface area is 165 Å². The molecule has 0 atom stereocenters. The van der Waals surface area contributed by atoms with E-state index in [-0.39, 0.29) is 5.91 Å². The summed E-state index contributed by atoms with van der Waals surface area (Å²) >= 11 is 1.42. The molecule has 0 aliphatic rings. The van der Waals surface area contributed by atoms with E-state index in [0.29, 0.717) is 22.0 Å². The van der Waals surface area contributed by atoms with Crippen molar-refractivity contribution in [3.63, 3.8) is 0 Å².